The molecule has 0 saturated heterocycles. The molecule has 1 aliphatic rings. The number of ketones is 1. The van der Waals surface area contributed by atoms with Gasteiger partial charge in [-0.1, -0.05) is 10.8 Å². The van der Waals surface area contributed by atoms with E-state index in [4.69, 9.17) is 5.73 Å². The van der Waals surface area contributed by atoms with Gasteiger partial charge in [0.1, 0.15) is 0 Å². The average Bonchev–Trinajstić information content (AvgIpc) is 2.68. The second-order valence-electron chi connectivity index (χ2n) is 3.92. The van der Waals surface area contributed by atoms with Crippen LogP contribution in [0.25, 0.3) is 0 Å². The number of Topliss-reactive ketones (excluding diaryl/α,β-unsaturated/α-hetero) is 1. The van der Waals surface area contributed by atoms with Crippen molar-refractivity contribution < 1.29 is 19.1 Å². The molecule has 1 aliphatic carbocycles. The molecule has 1 aromatic rings. The molecule has 0 atom stereocenters. The molecule has 1 aromatic heterocycles. The molecule has 0 fully saturated rings. The van der Waals surface area contributed by atoms with Crippen molar-refractivity contribution in [2.45, 2.75) is 12.8 Å². The first kappa shape index (κ1) is 12.7. The summed E-state index contributed by atoms with van der Waals surface area (Å²) in [6, 6.07) is 0. The van der Waals surface area contributed by atoms with Crippen LogP contribution < -0.4 is 15.5 Å². The monoisotopic (exact) mass is 267 g/mol. The molecule has 0 spiro atoms. The van der Waals surface area contributed by atoms with Gasteiger partial charge in [-0.05, 0) is 23.8 Å². The Balaban J connectivity index is 1.97. The van der Waals surface area contributed by atoms with Crippen molar-refractivity contribution >= 4 is 17.5 Å². The van der Waals surface area contributed by atoms with Gasteiger partial charge < -0.3 is 15.4 Å². The van der Waals surface area contributed by atoms with Crippen molar-refractivity contribution in [1.29, 1.82) is 0 Å². The zero-order valence-electron chi connectivity index (χ0n) is 9.88. The maximum Gasteiger partial charge on any atom is 0.300 e. The molecule has 2 N–H and O–H groups in total. The summed E-state index contributed by atoms with van der Waals surface area (Å²) < 4.78 is 5.57. The van der Waals surface area contributed by atoms with Gasteiger partial charge >= 0.3 is 0 Å². The summed E-state index contributed by atoms with van der Waals surface area (Å²) in [5, 5.41) is 14.7. The van der Waals surface area contributed by atoms with Crippen LogP contribution in [-0.4, -0.2) is 16.8 Å². The van der Waals surface area contributed by atoms with Crippen molar-refractivity contribution in [3.05, 3.63) is 28.4 Å². The molecule has 0 amide bonds. The van der Waals surface area contributed by atoms with Crippen LogP contribution in [-0.2, 0) is 7.05 Å². The third kappa shape index (κ3) is 2.73. The van der Waals surface area contributed by atoms with E-state index in [9.17, 15) is 9.90 Å². The molecule has 1 heterocycles. The Morgan fingerprint density at radius 2 is 2.39 bits per heavy atom. The Morgan fingerprint density at radius 1 is 1.61 bits per heavy atom. The van der Waals surface area contributed by atoms with Crippen LogP contribution in [0.5, 0.6) is 5.95 Å². The second kappa shape index (κ2) is 5.26. The van der Waals surface area contributed by atoms with Crippen LogP contribution >= 0.6 is 11.8 Å². The van der Waals surface area contributed by atoms with Gasteiger partial charge in [-0.2, -0.15) is 0 Å². The summed E-state index contributed by atoms with van der Waals surface area (Å²) in [5.41, 5.74) is 6.47. The third-order valence-electron chi connectivity index (χ3n) is 2.56. The number of carbonyl (C=O) groups is 1. The van der Waals surface area contributed by atoms with Gasteiger partial charge in [-0.3, -0.25) is 4.79 Å². The number of nitrogens with two attached hydrogens (primary N) is 1. The number of carbonyl (C=O) groups excluding carboxylic acids is 1. The van der Waals surface area contributed by atoms with E-state index in [-0.39, 0.29) is 17.2 Å². The molecule has 2 rings (SSSR count). The number of allylic oxidation sites excluding steroid dienone is 4. The molecule has 0 unspecified atom stereocenters. The molecular formula is C11H13N3O3S. The Bertz CT molecular complexity index is 514. The topological polar surface area (TPSA) is 96.1 Å². The van der Waals surface area contributed by atoms with E-state index in [1.54, 1.807) is 0 Å². The summed E-state index contributed by atoms with van der Waals surface area (Å²) >= 11 is 1.41. The highest BCUT2D eigenvalue weighted by Crippen LogP contribution is 2.26. The molecule has 0 aromatic carbocycles. The van der Waals surface area contributed by atoms with Crippen LogP contribution in [0.2, 0.25) is 0 Å². The molecule has 18 heavy (non-hydrogen) atoms. The molecule has 0 aliphatic heterocycles. The maximum absolute atomic E-state index is 11.8. The van der Waals surface area contributed by atoms with Gasteiger partial charge in [0.15, 0.2) is 13.0 Å². The first-order valence-corrected chi connectivity index (χ1v) is 6.40. The van der Waals surface area contributed by atoms with E-state index < -0.39 is 5.95 Å². The van der Waals surface area contributed by atoms with E-state index >= 15 is 0 Å². The fourth-order valence-corrected chi connectivity index (χ4v) is 2.45. The van der Waals surface area contributed by atoms with Gasteiger partial charge in [0.2, 0.25) is 5.78 Å². The molecular weight excluding hydrogens is 254 g/mol. The fraction of sp³-hybridized carbons (Fsp3) is 0.364. The van der Waals surface area contributed by atoms with Crippen LogP contribution in [0.4, 0.5) is 0 Å². The van der Waals surface area contributed by atoms with Crippen LogP contribution in [0.3, 0.4) is 0 Å². The molecule has 6 nitrogen and oxygen atoms in total. The van der Waals surface area contributed by atoms with E-state index in [1.807, 2.05) is 12.2 Å². The van der Waals surface area contributed by atoms with Crippen molar-refractivity contribution in [1.82, 2.24) is 5.27 Å². The first-order chi connectivity index (χ1) is 8.58. The highest BCUT2D eigenvalue weighted by molar-refractivity contribution is 8.03. The normalized spacial score (nSPS) is 15.2. The van der Waals surface area contributed by atoms with E-state index in [2.05, 4.69) is 9.79 Å². The summed E-state index contributed by atoms with van der Waals surface area (Å²) in [6.45, 7) is 0. The lowest BCUT2D eigenvalue weighted by molar-refractivity contribution is -0.741. The van der Waals surface area contributed by atoms with Gasteiger partial charge in [0, 0.05) is 5.70 Å². The van der Waals surface area contributed by atoms with Gasteiger partial charge in [0.25, 0.3) is 5.69 Å². The van der Waals surface area contributed by atoms with E-state index in [0.29, 0.717) is 0 Å². The van der Waals surface area contributed by atoms with Crippen LogP contribution in [0, 0.1) is 0 Å². The summed E-state index contributed by atoms with van der Waals surface area (Å²) in [4.78, 5) is 12.9. The zero-order chi connectivity index (χ0) is 13.1. The highest BCUT2D eigenvalue weighted by atomic mass is 32.2. The standard InChI is InChI=1S/C11H13N3O3S/c1-14-10(11(16)17-13-14)9(15)6-18-8-4-2-7(12)3-5-8/h2,4H,3,5-6,12H2,1H3. The minimum Gasteiger partial charge on any atom is -0.539 e. The summed E-state index contributed by atoms with van der Waals surface area (Å²) in [5.74, 6) is -0.772. The number of hydrogen-bond donors (Lipinski definition) is 1. The lowest BCUT2D eigenvalue weighted by Crippen LogP contribution is -2.37. The number of aryl methyl sites for hydroxylation is 1. The first-order valence-electron chi connectivity index (χ1n) is 5.42. The SMILES string of the molecule is C[n+]1noc([O-])c1C(=O)CSC1=CC=C(N)CC1. The number of thioether (sulfide) groups is 1. The number of aromatic nitrogens is 2. The third-order valence-corrected chi connectivity index (χ3v) is 3.68. The maximum atomic E-state index is 11.8. The smallest absolute Gasteiger partial charge is 0.300 e. The summed E-state index contributed by atoms with van der Waals surface area (Å²) in [7, 11) is 1.51. The largest absolute Gasteiger partial charge is 0.539 e. The fourth-order valence-electron chi connectivity index (χ4n) is 1.59. The van der Waals surface area contributed by atoms with Crippen molar-refractivity contribution in [2.24, 2.45) is 12.8 Å². The molecule has 0 bridgehead atoms. The number of hydrogen-bond acceptors (Lipinski definition) is 6. The lowest BCUT2D eigenvalue weighted by atomic mass is 10.1. The van der Waals surface area contributed by atoms with E-state index in [1.165, 1.54) is 23.5 Å². The minimum absolute atomic E-state index is 0.0195. The van der Waals surface area contributed by atoms with Crippen LogP contribution in [0.15, 0.2) is 27.3 Å². The number of rotatable bonds is 4. The quantitative estimate of drug-likeness (QED) is 0.609. The molecule has 96 valence electrons. The van der Waals surface area contributed by atoms with Crippen molar-refractivity contribution in [3.8, 4) is 5.95 Å². The lowest BCUT2D eigenvalue weighted by Gasteiger charge is -2.10. The van der Waals surface area contributed by atoms with E-state index in [0.717, 1.165) is 23.4 Å². The van der Waals surface area contributed by atoms with Crippen molar-refractivity contribution in [2.75, 3.05) is 5.75 Å². The van der Waals surface area contributed by atoms with Crippen LogP contribution in [0.1, 0.15) is 23.3 Å². The predicted molar refractivity (Wildman–Crippen MR) is 63.5 cm³/mol. The number of nitrogens with zero attached hydrogens (tertiary/aromatic N) is 2. The highest BCUT2D eigenvalue weighted by Gasteiger charge is 2.22. The minimum atomic E-state index is -0.690. The average molecular weight is 267 g/mol. The Kier molecular flexibility index (Phi) is 3.71. The Hall–Kier alpha value is -1.76. The van der Waals surface area contributed by atoms with Gasteiger partial charge in [-0.15, -0.1) is 11.8 Å². The Morgan fingerprint density at radius 3 is 2.94 bits per heavy atom. The van der Waals surface area contributed by atoms with Gasteiger partial charge in [0.05, 0.1) is 11.0 Å². The van der Waals surface area contributed by atoms with Crippen molar-refractivity contribution in [3.63, 3.8) is 0 Å². The van der Waals surface area contributed by atoms with Gasteiger partial charge in [-0.25, -0.2) is 0 Å². The predicted octanol–water partition coefficient (Wildman–Crippen LogP) is 0.00890. The summed E-state index contributed by atoms with van der Waals surface area (Å²) in [6.07, 6.45) is 5.39. The molecule has 7 heteroatoms. The molecule has 0 radical (unpaired) electrons. The molecule has 0 saturated carbocycles. The second-order valence-corrected chi connectivity index (χ2v) is 5.02. The zero-order valence-corrected chi connectivity index (χ0v) is 10.7. The Labute approximate surface area is 108 Å².